The number of piperidine rings is 1. The molecule has 1 amide bonds. The predicted molar refractivity (Wildman–Crippen MR) is 96.9 cm³/mol. The topological polar surface area (TPSA) is 66.6 Å². The second-order valence-corrected chi connectivity index (χ2v) is 7.47. The highest BCUT2D eigenvalue weighted by Crippen LogP contribution is 2.50. The van der Waals surface area contributed by atoms with Gasteiger partial charge in [-0.05, 0) is 36.1 Å². The molecule has 1 saturated heterocycles. The fourth-order valence-electron chi connectivity index (χ4n) is 4.60. The van der Waals surface area contributed by atoms with Gasteiger partial charge in [0.1, 0.15) is 11.6 Å². The normalized spacial score (nSPS) is 23.5. The van der Waals surface area contributed by atoms with Crippen LogP contribution in [0.15, 0.2) is 42.5 Å². The molecule has 3 N–H and O–H groups in total. The average molecular weight is 372 g/mol. The van der Waals surface area contributed by atoms with Crippen LogP contribution in [-0.2, 0) is 16.6 Å². The summed E-state index contributed by atoms with van der Waals surface area (Å²) in [6.45, 7) is 0.847. The number of amides is 1. The summed E-state index contributed by atoms with van der Waals surface area (Å²) in [7, 11) is 0. The smallest absolute Gasteiger partial charge is 0.227 e. The third kappa shape index (κ3) is 2.84. The number of nitrogens with two attached hydrogens (primary N) is 1. The molecule has 4 rings (SSSR count). The van der Waals surface area contributed by atoms with Gasteiger partial charge in [0.05, 0.1) is 18.6 Å². The molecule has 2 aliphatic rings. The molecule has 27 heavy (non-hydrogen) atoms. The summed E-state index contributed by atoms with van der Waals surface area (Å²) in [6.07, 6.45) is 0.148. The SMILES string of the molecule is N[C@H]1c2ccccc2C2(CCN(C(=O)Cc3c(F)cccc3F)CC2)[C@@H]1O. The summed E-state index contributed by atoms with van der Waals surface area (Å²) in [5, 5.41) is 10.8. The van der Waals surface area contributed by atoms with Crippen LogP contribution in [0.1, 0.15) is 35.6 Å². The largest absolute Gasteiger partial charge is 0.390 e. The first kappa shape index (κ1) is 18.1. The number of aliphatic hydroxyl groups is 1. The number of fused-ring (bicyclic) bond motifs is 2. The molecule has 0 saturated carbocycles. The van der Waals surface area contributed by atoms with E-state index in [2.05, 4.69) is 0 Å². The van der Waals surface area contributed by atoms with Crippen LogP contribution < -0.4 is 5.73 Å². The van der Waals surface area contributed by atoms with Crippen LogP contribution in [-0.4, -0.2) is 35.1 Å². The summed E-state index contributed by atoms with van der Waals surface area (Å²) < 4.78 is 27.6. The Kier molecular flexibility index (Phi) is 4.48. The fraction of sp³-hybridized carbons (Fsp3) is 0.381. The quantitative estimate of drug-likeness (QED) is 0.851. The molecule has 2 atom stereocenters. The monoisotopic (exact) mass is 372 g/mol. The van der Waals surface area contributed by atoms with Gasteiger partial charge in [0, 0.05) is 24.1 Å². The van der Waals surface area contributed by atoms with Gasteiger partial charge in [-0.15, -0.1) is 0 Å². The van der Waals surface area contributed by atoms with E-state index < -0.39 is 29.2 Å². The number of aliphatic hydroxyl groups excluding tert-OH is 1. The Morgan fingerprint density at radius 2 is 1.74 bits per heavy atom. The van der Waals surface area contributed by atoms with E-state index in [1.165, 1.54) is 6.07 Å². The number of hydrogen-bond acceptors (Lipinski definition) is 3. The van der Waals surface area contributed by atoms with E-state index in [4.69, 9.17) is 5.73 Å². The van der Waals surface area contributed by atoms with Gasteiger partial charge in [-0.2, -0.15) is 0 Å². The Labute approximate surface area is 156 Å². The fourth-order valence-corrected chi connectivity index (χ4v) is 4.60. The molecule has 2 aromatic carbocycles. The molecule has 1 aliphatic carbocycles. The molecule has 1 fully saturated rings. The zero-order valence-electron chi connectivity index (χ0n) is 14.9. The molecule has 4 nitrogen and oxygen atoms in total. The molecular weight excluding hydrogens is 350 g/mol. The number of carbonyl (C=O) groups excluding carboxylic acids is 1. The third-order valence-electron chi connectivity index (χ3n) is 6.16. The summed E-state index contributed by atoms with van der Waals surface area (Å²) in [4.78, 5) is 14.2. The van der Waals surface area contributed by atoms with Crippen LogP contribution in [0.25, 0.3) is 0 Å². The van der Waals surface area contributed by atoms with Crippen molar-refractivity contribution in [3.63, 3.8) is 0 Å². The lowest BCUT2D eigenvalue weighted by Crippen LogP contribution is -2.50. The van der Waals surface area contributed by atoms with Crippen molar-refractivity contribution >= 4 is 5.91 Å². The van der Waals surface area contributed by atoms with E-state index in [0.717, 1.165) is 23.3 Å². The standard InChI is InChI=1S/C21H22F2N2O2/c22-16-6-3-7-17(23)14(16)12-18(26)25-10-8-21(9-11-25)15-5-2-1-4-13(15)19(24)20(21)27/h1-7,19-20,27H,8-12,24H2/t19-,20+/m0/s1. The number of hydrogen-bond donors (Lipinski definition) is 2. The molecule has 1 heterocycles. The first-order valence-corrected chi connectivity index (χ1v) is 9.18. The molecule has 1 spiro atoms. The first-order valence-electron chi connectivity index (χ1n) is 9.18. The maximum Gasteiger partial charge on any atom is 0.227 e. The Hall–Kier alpha value is -2.31. The van der Waals surface area contributed by atoms with Gasteiger partial charge in [-0.1, -0.05) is 30.3 Å². The van der Waals surface area contributed by atoms with Crippen LogP contribution >= 0.6 is 0 Å². The molecule has 6 heteroatoms. The minimum atomic E-state index is -0.706. The van der Waals surface area contributed by atoms with E-state index in [-0.39, 0.29) is 17.9 Å². The second kappa shape index (κ2) is 6.69. The Morgan fingerprint density at radius 3 is 2.41 bits per heavy atom. The second-order valence-electron chi connectivity index (χ2n) is 7.47. The van der Waals surface area contributed by atoms with Gasteiger partial charge in [-0.3, -0.25) is 4.79 Å². The van der Waals surface area contributed by atoms with Crippen LogP contribution in [0.3, 0.4) is 0 Å². The predicted octanol–water partition coefficient (Wildman–Crippen LogP) is 2.44. The van der Waals surface area contributed by atoms with Crippen molar-refractivity contribution in [3.05, 3.63) is 70.8 Å². The highest BCUT2D eigenvalue weighted by molar-refractivity contribution is 5.79. The molecule has 2 aromatic rings. The Balaban J connectivity index is 1.50. The van der Waals surface area contributed by atoms with Crippen molar-refractivity contribution < 1.29 is 18.7 Å². The molecule has 0 unspecified atom stereocenters. The number of nitrogens with zero attached hydrogens (tertiary/aromatic N) is 1. The Morgan fingerprint density at radius 1 is 1.11 bits per heavy atom. The van der Waals surface area contributed by atoms with Crippen molar-refractivity contribution in [3.8, 4) is 0 Å². The van der Waals surface area contributed by atoms with E-state index in [0.29, 0.717) is 25.9 Å². The van der Waals surface area contributed by atoms with Gasteiger partial charge < -0.3 is 15.7 Å². The maximum absolute atomic E-state index is 13.8. The molecule has 142 valence electrons. The number of carbonyl (C=O) groups is 1. The van der Waals surface area contributed by atoms with Gasteiger partial charge in [0.2, 0.25) is 5.91 Å². The lowest BCUT2D eigenvalue weighted by molar-refractivity contribution is -0.133. The highest BCUT2D eigenvalue weighted by atomic mass is 19.1. The van der Waals surface area contributed by atoms with Crippen LogP contribution in [0, 0.1) is 11.6 Å². The minimum absolute atomic E-state index is 0.198. The average Bonchev–Trinajstić information content (AvgIpc) is 2.88. The van der Waals surface area contributed by atoms with Crippen molar-refractivity contribution in [2.75, 3.05) is 13.1 Å². The lowest BCUT2D eigenvalue weighted by atomic mass is 9.72. The molecular formula is C21H22F2N2O2. The molecule has 1 aliphatic heterocycles. The zero-order chi connectivity index (χ0) is 19.2. The first-order chi connectivity index (χ1) is 12.9. The van der Waals surface area contributed by atoms with Crippen molar-refractivity contribution in [2.24, 2.45) is 5.73 Å². The van der Waals surface area contributed by atoms with E-state index >= 15 is 0 Å². The number of benzene rings is 2. The highest BCUT2D eigenvalue weighted by Gasteiger charge is 2.51. The Bertz CT molecular complexity index is 858. The van der Waals surface area contributed by atoms with Gasteiger partial charge in [0.25, 0.3) is 0 Å². The van der Waals surface area contributed by atoms with Gasteiger partial charge >= 0.3 is 0 Å². The van der Waals surface area contributed by atoms with Crippen molar-refractivity contribution in [2.45, 2.75) is 36.8 Å². The molecule has 0 aromatic heterocycles. The van der Waals surface area contributed by atoms with Gasteiger partial charge in [-0.25, -0.2) is 8.78 Å². The summed E-state index contributed by atoms with van der Waals surface area (Å²) in [6, 6.07) is 10.9. The lowest BCUT2D eigenvalue weighted by Gasteiger charge is -2.42. The number of halogens is 2. The van der Waals surface area contributed by atoms with Crippen molar-refractivity contribution in [1.29, 1.82) is 0 Å². The summed E-state index contributed by atoms with van der Waals surface area (Å²) in [5.74, 6) is -1.72. The van der Waals surface area contributed by atoms with E-state index in [9.17, 15) is 18.7 Å². The molecule has 0 radical (unpaired) electrons. The van der Waals surface area contributed by atoms with Crippen LogP contribution in [0.2, 0.25) is 0 Å². The molecule has 0 bridgehead atoms. The van der Waals surface area contributed by atoms with E-state index in [1.807, 2.05) is 24.3 Å². The maximum atomic E-state index is 13.8. The van der Waals surface area contributed by atoms with Gasteiger partial charge in [0.15, 0.2) is 0 Å². The summed E-state index contributed by atoms with van der Waals surface area (Å²) in [5.41, 5.74) is 7.56. The van der Waals surface area contributed by atoms with Crippen LogP contribution in [0.5, 0.6) is 0 Å². The van der Waals surface area contributed by atoms with Crippen molar-refractivity contribution in [1.82, 2.24) is 4.90 Å². The zero-order valence-corrected chi connectivity index (χ0v) is 14.9. The van der Waals surface area contributed by atoms with Crippen LogP contribution in [0.4, 0.5) is 8.78 Å². The summed E-state index contributed by atoms with van der Waals surface area (Å²) >= 11 is 0. The van der Waals surface area contributed by atoms with E-state index in [1.54, 1.807) is 4.90 Å². The minimum Gasteiger partial charge on any atom is -0.390 e. The number of likely N-dealkylation sites (tertiary alicyclic amines) is 1. The number of rotatable bonds is 2. The third-order valence-corrected chi connectivity index (χ3v) is 6.16.